The second-order valence-corrected chi connectivity index (χ2v) is 9.42. The van der Waals surface area contributed by atoms with E-state index in [4.69, 9.17) is 11.6 Å². The fourth-order valence-corrected chi connectivity index (χ4v) is 5.04. The van der Waals surface area contributed by atoms with Crippen LogP contribution < -0.4 is 0 Å². The third-order valence-electron chi connectivity index (χ3n) is 6.92. The number of rotatable bonds is 6. The van der Waals surface area contributed by atoms with E-state index in [-0.39, 0.29) is 5.56 Å². The molecule has 1 saturated carbocycles. The lowest BCUT2D eigenvalue weighted by molar-refractivity contribution is 0.310. The summed E-state index contributed by atoms with van der Waals surface area (Å²) in [6, 6.07) is 13.1. The first-order valence-electron chi connectivity index (χ1n) is 11.6. The summed E-state index contributed by atoms with van der Waals surface area (Å²) in [7, 11) is 0. The highest BCUT2D eigenvalue weighted by Gasteiger charge is 2.23. The van der Waals surface area contributed by atoms with Crippen LogP contribution in [0.1, 0.15) is 61.6 Å². The second kappa shape index (κ2) is 10.3. The largest absolute Gasteiger partial charge is 0.206 e. The molecule has 0 N–H and O–H groups in total. The smallest absolute Gasteiger partial charge is 0.145 e. The van der Waals surface area contributed by atoms with E-state index < -0.39 is 33.9 Å². The van der Waals surface area contributed by atoms with Crippen molar-refractivity contribution in [2.45, 2.75) is 57.8 Å². The highest BCUT2D eigenvalue weighted by Crippen LogP contribution is 2.38. The van der Waals surface area contributed by atoms with E-state index in [0.717, 1.165) is 50.7 Å². The summed E-state index contributed by atoms with van der Waals surface area (Å²) >= 11 is 5.48. The maximum Gasteiger partial charge on any atom is 0.145 e. The number of hydrogen-bond acceptors (Lipinski definition) is 0. The minimum atomic E-state index is -1.05. The summed E-state index contributed by atoms with van der Waals surface area (Å²) in [6.45, 7) is 2.16. The fraction of sp³-hybridized carbons (Fsp3) is 0.357. The van der Waals surface area contributed by atoms with Crippen LogP contribution in [-0.4, -0.2) is 0 Å². The van der Waals surface area contributed by atoms with Gasteiger partial charge < -0.3 is 0 Å². The molecule has 4 rings (SSSR count). The monoisotopic (exact) mass is 474 g/mol. The topological polar surface area (TPSA) is 0 Å². The van der Waals surface area contributed by atoms with E-state index in [9.17, 15) is 17.6 Å². The van der Waals surface area contributed by atoms with E-state index in [0.29, 0.717) is 23.8 Å². The van der Waals surface area contributed by atoms with E-state index in [1.54, 1.807) is 0 Å². The van der Waals surface area contributed by atoms with Crippen molar-refractivity contribution in [2.24, 2.45) is 5.92 Å². The zero-order chi connectivity index (χ0) is 23.5. The number of benzene rings is 3. The molecule has 0 aromatic heterocycles. The van der Waals surface area contributed by atoms with Crippen molar-refractivity contribution >= 4 is 11.6 Å². The number of hydrogen-bond donors (Lipinski definition) is 0. The van der Waals surface area contributed by atoms with E-state index in [1.165, 1.54) is 23.3 Å². The van der Waals surface area contributed by atoms with Gasteiger partial charge in [-0.3, -0.25) is 0 Å². The Labute approximate surface area is 197 Å². The molecule has 0 saturated heterocycles. The second-order valence-electron chi connectivity index (χ2n) is 9.04. The van der Waals surface area contributed by atoms with Crippen LogP contribution in [0.4, 0.5) is 17.6 Å². The third-order valence-corrected chi connectivity index (χ3v) is 7.28. The van der Waals surface area contributed by atoms with Crippen molar-refractivity contribution in [3.05, 3.63) is 93.5 Å². The average Bonchev–Trinajstić information content (AvgIpc) is 2.81. The predicted molar refractivity (Wildman–Crippen MR) is 126 cm³/mol. The van der Waals surface area contributed by atoms with Crippen LogP contribution in [0.3, 0.4) is 0 Å². The predicted octanol–water partition coefficient (Wildman–Crippen LogP) is 9.03. The van der Waals surface area contributed by atoms with E-state index in [2.05, 4.69) is 31.2 Å². The lowest BCUT2D eigenvalue weighted by Gasteiger charge is -2.29. The van der Waals surface area contributed by atoms with Crippen LogP contribution in [0.5, 0.6) is 0 Å². The van der Waals surface area contributed by atoms with Crippen LogP contribution in [-0.2, 0) is 12.8 Å². The summed E-state index contributed by atoms with van der Waals surface area (Å²) in [5.41, 5.74) is 2.66. The van der Waals surface area contributed by atoms with Gasteiger partial charge in [-0.1, -0.05) is 42.8 Å². The molecule has 0 aliphatic heterocycles. The Morgan fingerprint density at radius 2 is 1.33 bits per heavy atom. The van der Waals surface area contributed by atoms with Crippen molar-refractivity contribution in [3.63, 3.8) is 0 Å². The van der Waals surface area contributed by atoms with Gasteiger partial charge in [0.15, 0.2) is 0 Å². The van der Waals surface area contributed by atoms with Gasteiger partial charge in [-0.25, -0.2) is 17.6 Å². The Morgan fingerprint density at radius 1 is 0.758 bits per heavy atom. The molecule has 5 heteroatoms. The van der Waals surface area contributed by atoms with Gasteiger partial charge in [-0.05, 0) is 103 Å². The highest BCUT2D eigenvalue weighted by atomic mass is 35.5. The maximum atomic E-state index is 14.7. The van der Waals surface area contributed by atoms with Gasteiger partial charge in [-0.2, -0.15) is 0 Å². The Kier molecular flexibility index (Phi) is 7.43. The molecule has 0 unspecified atom stereocenters. The summed E-state index contributed by atoms with van der Waals surface area (Å²) in [4.78, 5) is 0. The summed E-state index contributed by atoms with van der Waals surface area (Å²) in [5, 5.41) is -0.691. The Bertz CT molecular complexity index is 1070. The molecule has 0 nitrogen and oxygen atoms in total. The Balaban J connectivity index is 1.37. The number of halogens is 5. The van der Waals surface area contributed by atoms with Crippen LogP contribution in [0, 0.1) is 29.2 Å². The van der Waals surface area contributed by atoms with E-state index >= 15 is 0 Å². The third kappa shape index (κ3) is 5.43. The average molecular weight is 475 g/mol. The molecule has 0 spiro atoms. The molecular weight excluding hydrogens is 448 g/mol. The maximum absolute atomic E-state index is 14.7. The normalized spacial score (nSPS) is 18.5. The zero-order valence-corrected chi connectivity index (χ0v) is 19.4. The molecule has 0 heterocycles. The summed E-state index contributed by atoms with van der Waals surface area (Å²) < 4.78 is 56.9. The van der Waals surface area contributed by atoms with Gasteiger partial charge in [0.2, 0.25) is 0 Å². The molecule has 1 fully saturated rings. The number of aryl methyl sites for hydroxylation is 2. The molecule has 0 amide bonds. The van der Waals surface area contributed by atoms with Crippen molar-refractivity contribution in [1.29, 1.82) is 0 Å². The van der Waals surface area contributed by atoms with Gasteiger partial charge in [0.1, 0.15) is 28.3 Å². The molecule has 0 atom stereocenters. The van der Waals surface area contributed by atoms with Crippen LogP contribution in [0.25, 0.3) is 11.1 Å². The minimum Gasteiger partial charge on any atom is -0.206 e. The molecule has 3 aromatic rings. The Hall–Kier alpha value is -2.33. The first-order valence-corrected chi connectivity index (χ1v) is 11.9. The standard InChI is InChI=1S/C28H27ClF4/c1-2-17-5-9-20(10-6-17)21-11-7-18(8-12-21)3-4-19-13-23(30)27(24(31)14-19)22-15-25(32)28(29)26(33)16-22/h5-6,9-10,13-16,18,21H,2-4,7-8,11-12H2,1H3/t18-,21-. The fourth-order valence-electron chi connectivity index (χ4n) is 4.93. The molecule has 1 aliphatic rings. The lowest BCUT2D eigenvalue weighted by Crippen LogP contribution is -2.14. The lowest BCUT2D eigenvalue weighted by atomic mass is 9.77. The SMILES string of the molecule is CCc1ccc([C@H]2CC[C@H](CCc3cc(F)c(-c4cc(F)c(Cl)c(F)c4)c(F)c3)CC2)cc1. The molecule has 0 bridgehead atoms. The zero-order valence-electron chi connectivity index (χ0n) is 18.6. The van der Waals surface area contributed by atoms with Crippen LogP contribution in [0.15, 0.2) is 48.5 Å². The Morgan fingerprint density at radius 3 is 1.88 bits per heavy atom. The minimum absolute atomic E-state index is 0.207. The summed E-state index contributed by atoms with van der Waals surface area (Å²) in [6.07, 6.45) is 6.95. The highest BCUT2D eigenvalue weighted by molar-refractivity contribution is 6.31. The summed E-state index contributed by atoms with van der Waals surface area (Å²) in [5.74, 6) is -2.64. The van der Waals surface area contributed by atoms with Crippen LogP contribution >= 0.6 is 11.6 Å². The molecule has 3 aromatic carbocycles. The van der Waals surface area contributed by atoms with Crippen molar-refractivity contribution < 1.29 is 17.6 Å². The van der Waals surface area contributed by atoms with Crippen molar-refractivity contribution in [3.8, 4) is 11.1 Å². The quantitative estimate of drug-likeness (QED) is 0.247. The molecule has 174 valence electrons. The van der Waals surface area contributed by atoms with Gasteiger partial charge in [0, 0.05) is 0 Å². The van der Waals surface area contributed by atoms with Crippen LogP contribution in [0.2, 0.25) is 5.02 Å². The molecule has 1 aliphatic carbocycles. The van der Waals surface area contributed by atoms with Crippen molar-refractivity contribution in [1.82, 2.24) is 0 Å². The first-order chi connectivity index (χ1) is 15.9. The molecule has 33 heavy (non-hydrogen) atoms. The van der Waals surface area contributed by atoms with Gasteiger partial charge in [0.25, 0.3) is 0 Å². The molecular formula is C28H27ClF4. The van der Waals surface area contributed by atoms with Gasteiger partial charge in [-0.15, -0.1) is 0 Å². The van der Waals surface area contributed by atoms with E-state index in [1.807, 2.05) is 0 Å². The van der Waals surface area contributed by atoms with Gasteiger partial charge in [0.05, 0.1) is 5.56 Å². The van der Waals surface area contributed by atoms with Gasteiger partial charge >= 0.3 is 0 Å². The first kappa shape index (κ1) is 23.8. The van der Waals surface area contributed by atoms with Crippen molar-refractivity contribution in [2.75, 3.05) is 0 Å². The molecule has 0 radical (unpaired) electrons.